The molecule has 11 N–H and O–H groups in total. The maximum absolute atomic E-state index is 10.7. The number of nitrogens with one attached hydrogen (secondary N) is 1. The second-order valence-corrected chi connectivity index (χ2v) is 3.46. The smallest absolute Gasteiger partial charge is 0.208 e. The number of rotatable bonds is 8. The number of hydrazone groups is 1. The van der Waals surface area contributed by atoms with E-state index in [0.29, 0.717) is 19.3 Å². The van der Waals surface area contributed by atoms with Gasteiger partial charge in [0.15, 0.2) is 5.96 Å². The summed E-state index contributed by atoms with van der Waals surface area (Å²) in [5.41, 5.74) is 28.7. The molecule has 0 aliphatic heterocycles. The van der Waals surface area contributed by atoms with Crippen LogP contribution in [0.15, 0.2) is 10.1 Å². The highest BCUT2D eigenvalue weighted by Gasteiger charge is 2.07. The Hall–Kier alpha value is -2.03. The molecule has 0 spiro atoms. The average Bonchev–Trinajstić information content (AvgIpc) is 2.21. The summed E-state index contributed by atoms with van der Waals surface area (Å²) in [6, 6.07) is -0.455. The van der Waals surface area contributed by atoms with Crippen molar-refractivity contribution in [3.8, 4) is 0 Å². The summed E-state index contributed by atoms with van der Waals surface area (Å²) < 4.78 is 0. The normalized spacial score (nSPS) is 13.2. The minimum absolute atomic E-state index is 0.0527. The topological polar surface area (TPSA) is 184 Å². The van der Waals surface area contributed by atoms with Crippen LogP contribution in [0.1, 0.15) is 19.3 Å². The van der Waals surface area contributed by atoms with Gasteiger partial charge in [-0.15, -0.1) is 5.10 Å². The van der Waals surface area contributed by atoms with Gasteiger partial charge in [0.2, 0.25) is 5.96 Å². The van der Waals surface area contributed by atoms with Crippen LogP contribution < -0.4 is 34.1 Å². The number of guanidine groups is 2. The molecule has 0 radical (unpaired) electrons. The molecule has 0 aromatic carbocycles. The Kier molecular flexibility index (Phi) is 7.19. The number of carbonyl (C=O) groups excluding carboxylic acids is 1. The van der Waals surface area contributed by atoms with Gasteiger partial charge in [-0.05, 0) is 19.3 Å². The molecule has 0 fully saturated rings. The van der Waals surface area contributed by atoms with Crippen LogP contribution in [0.25, 0.3) is 0 Å². The van der Waals surface area contributed by atoms with Crippen molar-refractivity contribution in [2.75, 3.05) is 0 Å². The molecule has 0 aliphatic carbocycles. The summed E-state index contributed by atoms with van der Waals surface area (Å²) in [4.78, 5) is 14.4. The van der Waals surface area contributed by atoms with Gasteiger partial charge >= 0.3 is 0 Å². The van der Waals surface area contributed by atoms with E-state index in [1.165, 1.54) is 0 Å². The number of hydrogen-bond donors (Lipinski definition) is 6. The zero-order valence-corrected chi connectivity index (χ0v) is 9.54. The summed E-state index contributed by atoms with van der Waals surface area (Å²) in [5, 5.41) is 3.53. The zero-order chi connectivity index (χ0) is 13.3. The fourth-order valence-corrected chi connectivity index (χ4v) is 1.12. The van der Waals surface area contributed by atoms with Crippen molar-refractivity contribution < 1.29 is 4.79 Å². The van der Waals surface area contributed by atoms with Gasteiger partial charge in [-0.1, -0.05) is 0 Å². The van der Waals surface area contributed by atoms with Gasteiger partial charge in [0.1, 0.15) is 12.5 Å². The van der Waals surface area contributed by atoms with Gasteiger partial charge in [0.25, 0.3) is 0 Å². The van der Waals surface area contributed by atoms with Gasteiger partial charge in [0.05, 0.1) is 6.04 Å². The maximum Gasteiger partial charge on any atom is 0.208 e. The lowest BCUT2D eigenvalue weighted by Gasteiger charge is -2.11. The Morgan fingerprint density at radius 2 is 1.82 bits per heavy atom. The summed E-state index contributed by atoms with van der Waals surface area (Å²) in [6.07, 6.45) is 2.02. The first kappa shape index (κ1) is 15.0. The molecular formula is C8H20N8O. The van der Waals surface area contributed by atoms with E-state index < -0.39 is 12.2 Å². The largest absolute Gasteiger partial charge is 0.370 e. The molecule has 0 aromatic rings. The van der Waals surface area contributed by atoms with E-state index in [1.807, 2.05) is 0 Å². The Labute approximate surface area is 99.5 Å². The predicted molar refractivity (Wildman–Crippen MR) is 66.4 cm³/mol. The van der Waals surface area contributed by atoms with Crippen molar-refractivity contribution in [1.29, 1.82) is 0 Å². The van der Waals surface area contributed by atoms with Gasteiger partial charge < -0.3 is 33.5 Å². The molecule has 0 bridgehead atoms. The SMILES string of the molecule is NC(N)=NN[C@H](C=O)CCCC(N)N=C(N)N. The molecule has 0 aliphatic rings. The Bertz CT molecular complexity index is 281. The highest BCUT2D eigenvalue weighted by Crippen LogP contribution is 2.02. The van der Waals surface area contributed by atoms with E-state index in [-0.39, 0.29) is 11.9 Å². The van der Waals surface area contributed by atoms with Crippen molar-refractivity contribution in [3.63, 3.8) is 0 Å². The molecule has 17 heavy (non-hydrogen) atoms. The Morgan fingerprint density at radius 1 is 1.18 bits per heavy atom. The van der Waals surface area contributed by atoms with Crippen LogP contribution in [0.5, 0.6) is 0 Å². The van der Waals surface area contributed by atoms with Crippen molar-refractivity contribution in [2.24, 2.45) is 38.8 Å². The van der Waals surface area contributed by atoms with Crippen LogP contribution in [-0.4, -0.2) is 30.4 Å². The number of hydrogen-bond acceptors (Lipinski definition) is 5. The summed E-state index contributed by atoms with van der Waals surface area (Å²) >= 11 is 0. The Balaban J connectivity index is 3.88. The van der Waals surface area contributed by atoms with Crippen molar-refractivity contribution in [1.82, 2.24) is 5.43 Å². The average molecular weight is 244 g/mol. The van der Waals surface area contributed by atoms with E-state index in [4.69, 9.17) is 28.7 Å². The lowest BCUT2D eigenvalue weighted by molar-refractivity contribution is -0.109. The first-order chi connectivity index (χ1) is 7.95. The van der Waals surface area contributed by atoms with Crippen LogP contribution in [0.2, 0.25) is 0 Å². The van der Waals surface area contributed by atoms with Crippen molar-refractivity contribution in [2.45, 2.75) is 31.5 Å². The van der Waals surface area contributed by atoms with Crippen LogP contribution in [0.4, 0.5) is 0 Å². The standard InChI is InChI=1S/C8H20N8O/c9-6(14-7(10)11)3-1-2-5(4-17)15-16-8(12)13/h4-6,15H,1-3,9H2,(H4,10,11,14)(H4,12,13,16)/t5-,6?/m0/s1. The second-order valence-electron chi connectivity index (χ2n) is 3.46. The molecule has 98 valence electrons. The molecular weight excluding hydrogens is 224 g/mol. The number of aliphatic imine (C=N–C) groups is 1. The van der Waals surface area contributed by atoms with E-state index >= 15 is 0 Å². The Morgan fingerprint density at radius 3 is 2.29 bits per heavy atom. The molecule has 0 heterocycles. The minimum Gasteiger partial charge on any atom is -0.370 e. The molecule has 9 nitrogen and oxygen atoms in total. The lowest BCUT2D eigenvalue weighted by atomic mass is 10.1. The third-order valence-electron chi connectivity index (χ3n) is 1.85. The molecule has 0 aromatic heterocycles. The van der Waals surface area contributed by atoms with Crippen LogP contribution in [-0.2, 0) is 4.79 Å². The van der Waals surface area contributed by atoms with Crippen LogP contribution in [0.3, 0.4) is 0 Å². The number of nitrogens with two attached hydrogens (primary N) is 5. The summed E-state index contributed by atoms with van der Waals surface area (Å²) in [6.45, 7) is 0. The molecule has 0 rings (SSSR count). The third-order valence-corrected chi connectivity index (χ3v) is 1.85. The number of carbonyl (C=O) groups is 1. The lowest BCUT2D eigenvalue weighted by Crippen LogP contribution is -2.33. The van der Waals surface area contributed by atoms with Crippen LogP contribution >= 0.6 is 0 Å². The van der Waals surface area contributed by atoms with Gasteiger partial charge in [0, 0.05) is 0 Å². The first-order valence-electron chi connectivity index (χ1n) is 5.09. The number of aldehydes is 1. The maximum atomic E-state index is 10.7. The molecule has 0 amide bonds. The van der Waals surface area contributed by atoms with Crippen LogP contribution in [0, 0.1) is 0 Å². The monoisotopic (exact) mass is 244 g/mol. The van der Waals surface area contributed by atoms with E-state index in [0.717, 1.165) is 6.29 Å². The quantitative estimate of drug-likeness (QED) is 0.114. The predicted octanol–water partition coefficient (Wildman–Crippen LogP) is -2.94. The van der Waals surface area contributed by atoms with Gasteiger partial charge in [-0.25, -0.2) is 4.99 Å². The van der Waals surface area contributed by atoms with Crippen molar-refractivity contribution in [3.05, 3.63) is 0 Å². The summed E-state index contributed by atoms with van der Waals surface area (Å²) in [5.74, 6) is -0.183. The second kappa shape index (κ2) is 8.16. The minimum atomic E-state index is -0.463. The van der Waals surface area contributed by atoms with Gasteiger partial charge in [-0.2, -0.15) is 0 Å². The third kappa shape index (κ3) is 8.93. The molecule has 2 atom stereocenters. The van der Waals surface area contributed by atoms with E-state index in [1.54, 1.807) is 0 Å². The first-order valence-corrected chi connectivity index (χ1v) is 5.09. The fourth-order valence-electron chi connectivity index (χ4n) is 1.12. The molecule has 0 saturated carbocycles. The fraction of sp³-hybridized carbons (Fsp3) is 0.625. The molecule has 1 unspecified atom stereocenters. The molecule has 0 saturated heterocycles. The highest BCUT2D eigenvalue weighted by atomic mass is 16.1. The van der Waals surface area contributed by atoms with Crippen molar-refractivity contribution >= 4 is 18.2 Å². The number of nitrogens with zero attached hydrogens (tertiary/aromatic N) is 2. The van der Waals surface area contributed by atoms with E-state index in [9.17, 15) is 4.79 Å². The highest BCUT2D eigenvalue weighted by molar-refractivity contribution is 5.76. The zero-order valence-electron chi connectivity index (χ0n) is 9.54. The summed E-state index contributed by atoms with van der Waals surface area (Å²) in [7, 11) is 0. The van der Waals surface area contributed by atoms with E-state index in [2.05, 4.69) is 15.5 Å². The van der Waals surface area contributed by atoms with Gasteiger partial charge in [-0.3, -0.25) is 5.43 Å². The molecule has 9 heteroatoms.